The first-order valence-electron chi connectivity index (χ1n) is 5.66. The van der Waals surface area contributed by atoms with E-state index in [1.165, 1.54) is 32.1 Å². The van der Waals surface area contributed by atoms with Crippen LogP contribution in [0.1, 0.15) is 38.5 Å². The monoisotopic (exact) mass is 310 g/mol. The summed E-state index contributed by atoms with van der Waals surface area (Å²) in [5, 5.41) is 0. The van der Waals surface area contributed by atoms with Crippen molar-refractivity contribution in [3.63, 3.8) is 0 Å². The maximum Gasteiger partial charge on any atom is 0.0709 e. The lowest BCUT2D eigenvalue weighted by atomic mass is 9.85. The lowest BCUT2D eigenvalue weighted by Crippen LogP contribution is -2.41. The van der Waals surface area contributed by atoms with Gasteiger partial charge in [-0.15, -0.1) is 0 Å². The van der Waals surface area contributed by atoms with E-state index < -0.39 is 0 Å². The van der Waals surface area contributed by atoms with Gasteiger partial charge in [-0.05, 0) is 38.5 Å². The lowest BCUT2D eigenvalue weighted by Gasteiger charge is -2.40. The molecule has 0 aliphatic carbocycles. The van der Waals surface area contributed by atoms with Gasteiger partial charge in [0.15, 0.2) is 0 Å². The largest absolute Gasteiger partial charge is 0.381 e. The fourth-order valence-corrected chi connectivity index (χ4v) is 3.20. The molecule has 2 nitrogen and oxygen atoms in total. The van der Waals surface area contributed by atoms with Crippen molar-refractivity contribution >= 4 is 22.6 Å². The molecule has 2 rings (SSSR count). The van der Waals surface area contributed by atoms with Crippen molar-refractivity contribution in [3.05, 3.63) is 0 Å². The van der Waals surface area contributed by atoms with E-state index in [1.54, 1.807) is 0 Å². The summed E-state index contributed by atoms with van der Waals surface area (Å²) < 4.78 is 12.9. The molecule has 2 fully saturated rings. The zero-order chi connectivity index (χ0) is 9.86. The SMILES string of the molecule is ICC1CCCC2(CCCOCC2)O1. The van der Waals surface area contributed by atoms with Crippen LogP contribution in [0.3, 0.4) is 0 Å². The third kappa shape index (κ3) is 2.61. The molecule has 0 aromatic carbocycles. The molecule has 3 heteroatoms. The van der Waals surface area contributed by atoms with E-state index in [9.17, 15) is 0 Å². The summed E-state index contributed by atoms with van der Waals surface area (Å²) >= 11 is 2.44. The van der Waals surface area contributed by atoms with Crippen molar-refractivity contribution in [1.82, 2.24) is 0 Å². The highest BCUT2D eigenvalue weighted by Crippen LogP contribution is 2.37. The molecule has 2 unspecified atom stereocenters. The first-order chi connectivity index (χ1) is 6.85. The van der Waals surface area contributed by atoms with Gasteiger partial charge >= 0.3 is 0 Å². The molecule has 14 heavy (non-hydrogen) atoms. The quantitative estimate of drug-likeness (QED) is 0.548. The summed E-state index contributed by atoms with van der Waals surface area (Å²) in [7, 11) is 0. The number of hydrogen-bond donors (Lipinski definition) is 0. The Hall–Kier alpha value is 0.650. The van der Waals surface area contributed by atoms with Gasteiger partial charge in [-0.25, -0.2) is 0 Å². The Labute approximate surface area is 99.9 Å². The molecule has 2 saturated heterocycles. The van der Waals surface area contributed by atoms with Crippen molar-refractivity contribution in [1.29, 1.82) is 0 Å². The van der Waals surface area contributed by atoms with Crippen molar-refractivity contribution in [2.75, 3.05) is 17.6 Å². The first kappa shape index (κ1) is 11.1. The zero-order valence-electron chi connectivity index (χ0n) is 8.64. The molecule has 0 aromatic rings. The van der Waals surface area contributed by atoms with E-state index in [4.69, 9.17) is 9.47 Å². The normalized spacial score (nSPS) is 39.6. The predicted octanol–water partition coefficient (Wildman–Crippen LogP) is 2.93. The Kier molecular flexibility index (Phi) is 4.08. The van der Waals surface area contributed by atoms with Crippen molar-refractivity contribution in [3.8, 4) is 0 Å². The summed E-state index contributed by atoms with van der Waals surface area (Å²) in [5.74, 6) is 0. The fraction of sp³-hybridized carbons (Fsp3) is 1.00. The summed E-state index contributed by atoms with van der Waals surface area (Å²) in [6.45, 7) is 1.83. The molecular formula is C11H19IO2. The van der Waals surface area contributed by atoms with Crippen LogP contribution in [-0.4, -0.2) is 29.3 Å². The van der Waals surface area contributed by atoms with Gasteiger partial charge in [0.25, 0.3) is 0 Å². The van der Waals surface area contributed by atoms with Crippen molar-refractivity contribution in [2.45, 2.75) is 50.2 Å². The fourth-order valence-electron chi connectivity index (χ4n) is 2.58. The Morgan fingerprint density at radius 2 is 2.00 bits per heavy atom. The molecule has 0 bridgehead atoms. The second-order valence-electron chi connectivity index (χ2n) is 4.44. The van der Waals surface area contributed by atoms with Crippen LogP contribution in [0.15, 0.2) is 0 Å². The molecule has 2 aliphatic rings. The molecule has 1 spiro atoms. The van der Waals surface area contributed by atoms with E-state index >= 15 is 0 Å². The minimum Gasteiger partial charge on any atom is -0.381 e. The number of ether oxygens (including phenoxy) is 2. The number of hydrogen-bond acceptors (Lipinski definition) is 2. The highest BCUT2D eigenvalue weighted by atomic mass is 127. The summed E-state index contributed by atoms with van der Waals surface area (Å²) in [4.78, 5) is 0. The van der Waals surface area contributed by atoms with Crippen LogP contribution in [0, 0.1) is 0 Å². The molecule has 0 amide bonds. The van der Waals surface area contributed by atoms with E-state index in [1.807, 2.05) is 0 Å². The smallest absolute Gasteiger partial charge is 0.0709 e. The number of halogens is 1. The molecule has 0 aromatic heterocycles. The second kappa shape index (κ2) is 5.12. The summed E-state index contributed by atoms with van der Waals surface area (Å²) in [6.07, 6.45) is 7.85. The summed E-state index contributed by atoms with van der Waals surface area (Å²) in [5.41, 5.74) is 0.185. The van der Waals surface area contributed by atoms with Gasteiger partial charge in [0.05, 0.1) is 11.7 Å². The third-order valence-corrected chi connectivity index (χ3v) is 4.35. The lowest BCUT2D eigenvalue weighted by molar-refractivity contribution is -0.126. The zero-order valence-corrected chi connectivity index (χ0v) is 10.8. The average Bonchev–Trinajstić information content (AvgIpc) is 2.44. The van der Waals surface area contributed by atoms with Crippen LogP contribution in [0.2, 0.25) is 0 Å². The molecular weight excluding hydrogens is 291 g/mol. The van der Waals surface area contributed by atoms with Crippen LogP contribution in [0.25, 0.3) is 0 Å². The molecule has 0 N–H and O–H groups in total. The molecule has 0 radical (unpaired) electrons. The highest BCUT2D eigenvalue weighted by molar-refractivity contribution is 14.1. The maximum absolute atomic E-state index is 6.26. The van der Waals surface area contributed by atoms with Crippen molar-refractivity contribution < 1.29 is 9.47 Å². The Balaban J connectivity index is 1.97. The van der Waals surface area contributed by atoms with Gasteiger partial charge in [-0.1, -0.05) is 22.6 Å². The van der Waals surface area contributed by atoms with E-state index in [0.717, 1.165) is 24.1 Å². The second-order valence-corrected chi connectivity index (χ2v) is 5.32. The van der Waals surface area contributed by atoms with E-state index in [2.05, 4.69) is 22.6 Å². The molecule has 0 saturated carbocycles. The number of alkyl halides is 1. The topological polar surface area (TPSA) is 18.5 Å². The molecule has 2 heterocycles. The third-order valence-electron chi connectivity index (χ3n) is 3.37. The molecule has 2 aliphatic heterocycles. The van der Waals surface area contributed by atoms with Crippen LogP contribution >= 0.6 is 22.6 Å². The summed E-state index contributed by atoms with van der Waals surface area (Å²) in [6, 6.07) is 0. The van der Waals surface area contributed by atoms with Gasteiger partial charge in [0, 0.05) is 17.6 Å². The minimum atomic E-state index is 0.185. The van der Waals surface area contributed by atoms with E-state index in [0.29, 0.717) is 6.10 Å². The molecule has 2 atom stereocenters. The molecule has 82 valence electrons. The number of rotatable bonds is 1. The van der Waals surface area contributed by atoms with E-state index in [-0.39, 0.29) is 5.60 Å². The first-order valence-corrected chi connectivity index (χ1v) is 7.19. The van der Waals surface area contributed by atoms with Gasteiger partial charge in [-0.2, -0.15) is 0 Å². The van der Waals surface area contributed by atoms with Gasteiger partial charge < -0.3 is 9.47 Å². The van der Waals surface area contributed by atoms with Crippen LogP contribution < -0.4 is 0 Å². The Bertz CT molecular complexity index is 176. The van der Waals surface area contributed by atoms with Gasteiger partial charge in [-0.3, -0.25) is 0 Å². The maximum atomic E-state index is 6.26. The van der Waals surface area contributed by atoms with Gasteiger partial charge in [0.2, 0.25) is 0 Å². The predicted molar refractivity (Wildman–Crippen MR) is 65.0 cm³/mol. The van der Waals surface area contributed by atoms with Crippen LogP contribution in [0.4, 0.5) is 0 Å². The Morgan fingerprint density at radius 3 is 2.86 bits per heavy atom. The Morgan fingerprint density at radius 1 is 1.14 bits per heavy atom. The highest BCUT2D eigenvalue weighted by Gasteiger charge is 2.37. The standard InChI is InChI=1S/C11H19IO2/c12-9-10-3-1-4-11(14-10)5-2-7-13-8-6-11/h10H,1-9H2. The van der Waals surface area contributed by atoms with Crippen molar-refractivity contribution in [2.24, 2.45) is 0 Å². The minimum absolute atomic E-state index is 0.185. The average molecular weight is 310 g/mol. The van der Waals surface area contributed by atoms with Gasteiger partial charge in [0.1, 0.15) is 0 Å². The van der Waals surface area contributed by atoms with Crippen LogP contribution in [0.5, 0.6) is 0 Å². The van der Waals surface area contributed by atoms with Crippen LogP contribution in [-0.2, 0) is 9.47 Å².